The van der Waals surface area contributed by atoms with Crippen LogP contribution in [-0.4, -0.2) is 36.0 Å². The average molecular weight is 397 g/mol. The molecule has 1 aliphatic rings. The van der Waals surface area contributed by atoms with Crippen LogP contribution in [0.1, 0.15) is 25.8 Å². The number of benzene rings is 1. The fourth-order valence-corrected chi connectivity index (χ4v) is 2.70. The quantitative estimate of drug-likeness (QED) is 0.799. The van der Waals surface area contributed by atoms with Crippen molar-refractivity contribution in [2.24, 2.45) is 11.3 Å². The van der Waals surface area contributed by atoms with E-state index in [0.29, 0.717) is 6.54 Å². The Morgan fingerprint density at radius 1 is 1.42 bits per heavy atom. The number of anilines is 1. The molecule has 0 saturated carbocycles. The number of nitrogens with zero attached hydrogens (tertiary/aromatic N) is 1. The van der Waals surface area contributed by atoms with Crippen molar-refractivity contribution in [1.29, 1.82) is 0 Å². The number of hydrogen-bond acceptors (Lipinski definition) is 3. The van der Waals surface area contributed by atoms with E-state index in [0.717, 1.165) is 15.7 Å². The molecule has 0 aromatic heterocycles. The summed E-state index contributed by atoms with van der Waals surface area (Å²) in [6, 6.07) is 5.61. The van der Waals surface area contributed by atoms with Crippen LogP contribution in [0.4, 0.5) is 5.69 Å². The summed E-state index contributed by atoms with van der Waals surface area (Å²) in [5, 5.41) is 11.7. The zero-order valence-corrected chi connectivity index (χ0v) is 15.5. The maximum absolute atomic E-state index is 12.3. The topological polar surface area (TPSA) is 86.7 Å². The van der Waals surface area contributed by atoms with Gasteiger partial charge in [0.1, 0.15) is 0 Å². The minimum absolute atomic E-state index is 0.0310. The number of amides is 2. The highest BCUT2D eigenvalue weighted by Crippen LogP contribution is 2.28. The Labute approximate surface area is 149 Å². The van der Waals surface area contributed by atoms with E-state index in [9.17, 15) is 14.4 Å². The third kappa shape index (κ3) is 3.95. The van der Waals surface area contributed by atoms with E-state index < -0.39 is 17.3 Å². The normalized spacial score (nSPS) is 17.9. The van der Waals surface area contributed by atoms with Crippen molar-refractivity contribution in [2.75, 3.05) is 18.0 Å². The number of halogens is 1. The lowest BCUT2D eigenvalue weighted by molar-refractivity contribution is -0.147. The third-order valence-electron chi connectivity index (χ3n) is 4.23. The molecule has 1 heterocycles. The number of rotatable bonds is 5. The van der Waals surface area contributed by atoms with Gasteiger partial charge in [0, 0.05) is 29.7 Å². The lowest BCUT2D eigenvalue weighted by Crippen LogP contribution is -2.41. The lowest BCUT2D eigenvalue weighted by atomic mass is 9.93. The number of hydrogen-bond donors (Lipinski definition) is 2. The summed E-state index contributed by atoms with van der Waals surface area (Å²) < 4.78 is 0.961. The summed E-state index contributed by atoms with van der Waals surface area (Å²) in [6.07, 6.45) is 0.133. The van der Waals surface area contributed by atoms with Crippen molar-refractivity contribution in [3.05, 3.63) is 28.2 Å². The van der Waals surface area contributed by atoms with Crippen LogP contribution in [0.3, 0.4) is 0 Å². The Balaban J connectivity index is 2.02. The molecule has 6 nitrogen and oxygen atoms in total. The Morgan fingerprint density at radius 3 is 2.67 bits per heavy atom. The van der Waals surface area contributed by atoms with Crippen molar-refractivity contribution in [1.82, 2.24) is 5.32 Å². The van der Waals surface area contributed by atoms with Gasteiger partial charge >= 0.3 is 5.97 Å². The number of carbonyl (C=O) groups is 3. The Kier molecular flexibility index (Phi) is 5.32. The first-order chi connectivity index (χ1) is 11.1. The molecule has 0 bridgehead atoms. The van der Waals surface area contributed by atoms with Crippen LogP contribution in [0.2, 0.25) is 0 Å². The minimum Gasteiger partial charge on any atom is -0.481 e. The molecule has 7 heteroatoms. The molecule has 2 rings (SSSR count). The van der Waals surface area contributed by atoms with Crippen molar-refractivity contribution in [3.8, 4) is 0 Å². The van der Waals surface area contributed by atoms with Gasteiger partial charge in [-0.15, -0.1) is 0 Å². The molecular formula is C17H21BrN2O4. The zero-order chi connectivity index (χ0) is 18.1. The first-order valence-electron chi connectivity index (χ1n) is 7.69. The molecule has 1 unspecified atom stereocenters. The number of nitrogens with one attached hydrogen (secondary N) is 1. The molecule has 0 radical (unpaired) electrons. The van der Waals surface area contributed by atoms with Crippen LogP contribution in [0.15, 0.2) is 22.7 Å². The Hall–Kier alpha value is -1.89. The number of carboxylic acid groups (broad SMARTS) is 1. The number of carboxylic acids is 1. The van der Waals surface area contributed by atoms with Crippen LogP contribution in [0, 0.1) is 18.3 Å². The molecule has 1 fully saturated rings. The highest BCUT2D eigenvalue weighted by molar-refractivity contribution is 9.10. The minimum atomic E-state index is -1.04. The second-order valence-corrected chi connectivity index (χ2v) is 7.60. The van der Waals surface area contributed by atoms with Crippen LogP contribution in [-0.2, 0) is 14.4 Å². The van der Waals surface area contributed by atoms with Gasteiger partial charge in [-0.2, -0.15) is 0 Å². The second-order valence-electron chi connectivity index (χ2n) is 6.75. The number of aliphatic carboxylic acids is 1. The molecule has 1 aromatic carbocycles. The van der Waals surface area contributed by atoms with Crippen molar-refractivity contribution in [2.45, 2.75) is 27.2 Å². The van der Waals surface area contributed by atoms with Gasteiger partial charge in [0.05, 0.1) is 11.3 Å². The predicted molar refractivity (Wildman–Crippen MR) is 93.8 cm³/mol. The first kappa shape index (κ1) is 18.4. The largest absolute Gasteiger partial charge is 0.481 e. The van der Waals surface area contributed by atoms with E-state index in [-0.39, 0.29) is 24.8 Å². The summed E-state index contributed by atoms with van der Waals surface area (Å²) in [4.78, 5) is 37.2. The van der Waals surface area contributed by atoms with E-state index in [4.69, 9.17) is 5.11 Å². The highest BCUT2D eigenvalue weighted by Gasteiger charge is 2.36. The Bertz CT molecular complexity index is 687. The average Bonchev–Trinajstić information content (AvgIpc) is 2.89. The third-order valence-corrected chi connectivity index (χ3v) is 5.12. The number of aryl methyl sites for hydroxylation is 1. The molecule has 2 amide bonds. The van der Waals surface area contributed by atoms with Crippen molar-refractivity contribution >= 4 is 39.4 Å². The van der Waals surface area contributed by atoms with Crippen LogP contribution < -0.4 is 10.2 Å². The summed E-state index contributed by atoms with van der Waals surface area (Å²) >= 11 is 3.42. The fraction of sp³-hybridized carbons (Fsp3) is 0.471. The molecule has 0 spiro atoms. The molecule has 1 atom stereocenters. The van der Waals surface area contributed by atoms with Gasteiger partial charge in [0.15, 0.2) is 0 Å². The van der Waals surface area contributed by atoms with Gasteiger partial charge in [-0.05, 0) is 44.5 Å². The molecule has 130 valence electrons. The number of carbonyl (C=O) groups excluding carboxylic acids is 2. The van der Waals surface area contributed by atoms with Gasteiger partial charge in [-0.1, -0.05) is 15.9 Å². The van der Waals surface area contributed by atoms with Crippen molar-refractivity contribution in [3.63, 3.8) is 0 Å². The van der Waals surface area contributed by atoms with Gasteiger partial charge in [-0.25, -0.2) is 0 Å². The molecule has 1 aliphatic heterocycles. The van der Waals surface area contributed by atoms with Gasteiger partial charge in [-0.3, -0.25) is 14.4 Å². The van der Waals surface area contributed by atoms with Gasteiger partial charge in [0.2, 0.25) is 11.8 Å². The molecule has 0 aliphatic carbocycles. The van der Waals surface area contributed by atoms with Crippen LogP contribution in [0.25, 0.3) is 0 Å². The maximum atomic E-state index is 12.3. The van der Waals surface area contributed by atoms with Crippen LogP contribution >= 0.6 is 15.9 Å². The first-order valence-corrected chi connectivity index (χ1v) is 8.49. The fourth-order valence-electron chi connectivity index (χ4n) is 2.46. The predicted octanol–water partition coefficient (Wildman–Crippen LogP) is 2.34. The molecule has 2 N–H and O–H groups in total. The summed E-state index contributed by atoms with van der Waals surface area (Å²) in [5.41, 5.74) is 0.735. The molecule has 24 heavy (non-hydrogen) atoms. The SMILES string of the molecule is Cc1cc(N2CC(C(=O)NCC(C)(C)C(=O)O)CC2=O)ccc1Br. The monoisotopic (exact) mass is 396 g/mol. The maximum Gasteiger partial charge on any atom is 0.310 e. The zero-order valence-electron chi connectivity index (χ0n) is 13.9. The van der Waals surface area contributed by atoms with Gasteiger partial charge in [0.25, 0.3) is 0 Å². The lowest BCUT2D eigenvalue weighted by Gasteiger charge is -2.21. The summed E-state index contributed by atoms with van der Waals surface area (Å²) in [7, 11) is 0. The van der Waals surface area contributed by atoms with E-state index in [1.807, 2.05) is 25.1 Å². The van der Waals surface area contributed by atoms with Crippen LogP contribution in [0.5, 0.6) is 0 Å². The summed E-state index contributed by atoms with van der Waals surface area (Å²) in [6.45, 7) is 5.37. The van der Waals surface area contributed by atoms with Crippen molar-refractivity contribution < 1.29 is 19.5 Å². The van der Waals surface area contributed by atoms with E-state index >= 15 is 0 Å². The summed E-state index contributed by atoms with van der Waals surface area (Å²) in [5.74, 6) is -1.83. The molecular weight excluding hydrogens is 376 g/mol. The van der Waals surface area contributed by atoms with Gasteiger partial charge < -0.3 is 15.3 Å². The molecule has 1 aromatic rings. The van der Waals surface area contributed by atoms with E-state index in [1.165, 1.54) is 0 Å². The second kappa shape index (κ2) is 6.93. The van der Waals surface area contributed by atoms with E-state index in [1.54, 1.807) is 18.7 Å². The standard InChI is InChI=1S/C17H21BrN2O4/c1-10-6-12(4-5-13(10)18)20-8-11(7-14(20)21)15(22)19-9-17(2,3)16(23)24/h4-6,11H,7-9H2,1-3H3,(H,19,22)(H,23,24). The Morgan fingerprint density at radius 2 is 2.08 bits per heavy atom. The highest BCUT2D eigenvalue weighted by atomic mass is 79.9. The smallest absolute Gasteiger partial charge is 0.310 e. The molecule has 1 saturated heterocycles. The van der Waals surface area contributed by atoms with E-state index in [2.05, 4.69) is 21.2 Å².